The minimum Gasteiger partial charge on any atom is -0.207 e. The van der Waals surface area contributed by atoms with Crippen molar-refractivity contribution in [3.8, 4) is 0 Å². The predicted molar refractivity (Wildman–Crippen MR) is 103 cm³/mol. The second kappa shape index (κ2) is 7.82. The number of rotatable bonds is 4. The van der Waals surface area contributed by atoms with Gasteiger partial charge in [0.05, 0.1) is 10.5 Å². The highest BCUT2D eigenvalue weighted by molar-refractivity contribution is 7.91. The summed E-state index contributed by atoms with van der Waals surface area (Å²) >= 11 is 6.71. The Labute approximate surface area is 175 Å². The van der Waals surface area contributed by atoms with E-state index in [9.17, 15) is 30.0 Å². The number of piperazine rings is 1. The van der Waals surface area contributed by atoms with Crippen molar-refractivity contribution in [2.24, 2.45) is 0 Å². The van der Waals surface area contributed by atoms with Crippen LogP contribution in [0.3, 0.4) is 0 Å². The minimum absolute atomic E-state index is 0.142. The van der Waals surface area contributed by atoms with E-state index in [4.69, 9.17) is 11.6 Å². The zero-order valence-electron chi connectivity index (χ0n) is 15.0. The van der Waals surface area contributed by atoms with Gasteiger partial charge in [0.2, 0.25) is 10.0 Å². The zero-order valence-corrected chi connectivity index (χ0v) is 18.2. The molecule has 1 saturated heterocycles. The molecule has 0 aliphatic carbocycles. The molecule has 13 heteroatoms. The summed E-state index contributed by atoms with van der Waals surface area (Å²) in [5.41, 5.74) is -1.35. The van der Waals surface area contributed by atoms with Crippen LogP contribution in [-0.4, -0.2) is 51.6 Å². The Hall–Kier alpha value is -1.18. The smallest absolute Gasteiger partial charge is 0.207 e. The van der Waals surface area contributed by atoms with Crippen LogP contribution in [0, 0.1) is 6.92 Å². The van der Waals surface area contributed by atoms with Crippen LogP contribution in [0.4, 0.5) is 13.2 Å². The Bertz CT molecular complexity index is 1120. The molecule has 0 atom stereocenters. The third kappa shape index (κ3) is 4.47. The number of hydrogen-bond acceptors (Lipinski definition) is 5. The molecule has 0 N–H and O–H groups in total. The van der Waals surface area contributed by atoms with Crippen molar-refractivity contribution in [3.05, 3.63) is 45.8 Å². The third-order valence-corrected chi connectivity index (χ3v) is 9.93. The molecule has 0 saturated carbocycles. The summed E-state index contributed by atoms with van der Waals surface area (Å²) < 4.78 is 93.0. The van der Waals surface area contributed by atoms with Gasteiger partial charge in [-0.3, -0.25) is 0 Å². The van der Waals surface area contributed by atoms with Crippen molar-refractivity contribution < 1.29 is 30.0 Å². The molecule has 1 aromatic heterocycles. The van der Waals surface area contributed by atoms with Gasteiger partial charge in [-0.2, -0.15) is 21.8 Å². The lowest BCUT2D eigenvalue weighted by Gasteiger charge is -2.33. The van der Waals surface area contributed by atoms with Crippen LogP contribution < -0.4 is 0 Å². The molecule has 0 unspecified atom stereocenters. The average molecular weight is 489 g/mol. The van der Waals surface area contributed by atoms with E-state index < -0.39 is 36.7 Å². The third-order valence-electron chi connectivity index (χ3n) is 4.37. The van der Waals surface area contributed by atoms with Crippen LogP contribution in [0.1, 0.15) is 10.4 Å². The van der Waals surface area contributed by atoms with Crippen molar-refractivity contribution in [1.29, 1.82) is 0 Å². The van der Waals surface area contributed by atoms with Gasteiger partial charge in [-0.25, -0.2) is 16.8 Å². The molecule has 3 rings (SSSR count). The summed E-state index contributed by atoms with van der Waals surface area (Å²) in [6.45, 7) is 0.928. The normalized spacial score (nSPS) is 17.6. The van der Waals surface area contributed by atoms with Gasteiger partial charge in [0.15, 0.2) is 0 Å². The molecule has 0 radical (unpaired) electrons. The van der Waals surface area contributed by atoms with Crippen LogP contribution in [0.5, 0.6) is 0 Å². The predicted octanol–water partition coefficient (Wildman–Crippen LogP) is 3.42. The van der Waals surface area contributed by atoms with E-state index in [1.165, 1.54) is 6.07 Å². The Morgan fingerprint density at radius 3 is 1.97 bits per heavy atom. The Kier molecular flexibility index (Phi) is 6.07. The summed E-state index contributed by atoms with van der Waals surface area (Å²) in [6, 6.07) is 5.59. The fourth-order valence-corrected chi connectivity index (χ4v) is 7.56. The summed E-state index contributed by atoms with van der Waals surface area (Å²) in [7, 11) is -8.27. The molecule has 6 nitrogen and oxygen atoms in total. The molecule has 0 amide bonds. The molecule has 1 aromatic carbocycles. The first kappa shape index (κ1) is 22.5. The number of alkyl halides is 3. The molecule has 2 heterocycles. The summed E-state index contributed by atoms with van der Waals surface area (Å²) in [5.74, 6) is 0. The minimum atomic E-state index is -4.91. The van der Waals surface area contributed by atoms with E-state index in [0.29, 0.717) is 6.07 Å². The Balaban J connectivity index is 1.84. The van der Waals surface area contributed by atoms with Crippen molar-refractivity contribution in [1.82, 2.24) is 8.61 Å². The number of aryl methyl sites for hydroxylation is 1. The van der Waals surface area contributed by atoms with Gasteiger partial charge in [0.1, 0.15) is 4.21 Å². The number of thiophene rings is 1. The van der Waals surface area contributed by atoms with Gasteiger partial charge in [-0.15, -0.1) is 11.3 Å². The highest BCUT2D eigenvalue weighted by atomic mass is 35.5. The highest BCUT2D eigenvalue weighted by Gasteiger charge is 2.41. The lowest BCUT2D eigenvalue weighted by Crippen LogP contribution is -2.50. The van der Waals surface area contributed by atoms with E-state index in [0.717, 1.165) is 37.0 Å². The quantitative estimate of drug-likeness (QED) is 0.661. The summed E-state index contributed by atoms with van der Waals surface area (Å²) in [5, 5.41) is -0.238. The molecule has 160 valence electrons. The second-order valence-electron chi connectivity index (χ2n) is 6.31. The van der Waals surface area contributed by atoms with Crippen molar-refractivity contribution in [3.63, 3.8) is 0 Å². The van der Waals surface area contributed by atoms with E-state index in [1.807, 2.05) is 0 Å². The average Bonchev–Trinajstić information content (AvgIpc) is 3.08. The lowest BCUT2D eigenvalue weighted by molar-refractivity contribution is -0.139. The van der Waals surface area contributed by atoms with Crippen LogP contribution in [-0.2, 0) is 26.2 Å². The molecular weight excluding hydrogens is 473 g/mol. The lowest BCUT2D eigenvalue weighted by atomic mass is 10.2. The number of nitrogens with zero attached hydrogens (tertiary/aromatic N) is 2. The topological polar surface area (TPSA) is 74.8 Å². The number of hydrogen-bond donors (Lipinski definition) is 0. The molecular formula is C16H16ClF3N2O4S3. The first-order chi connectivity index (χ1) is 13.3. The first-order valence-corrected chi connectivity index (χ1v) is 12.3. The standard InChI is InChI=1S/C16H16ClF3N2O4S3/c1-11-2-5-15(27-11)29(25,26)22-8-6-21(7-9-22)28(23,24)14-4-3-12(17)10-13(14)16(18,19)20/h2-5,10H,6-9H2,1H3. The maximum absolute atomic E-state index is 13.3. The van der Waals surface area contributed by atoms with Gasteiger partial charge in [0.25, 0.3) is 10.0 Å². The molecule has 0 bridgehead atoms. The number of halogens is 4. The number of sulfonamides is 2. The molecule has 1 fully saturated rings. The SMILES string of the molecule is Cc1ccc(S(=O)(=O)N2CCN(S(=O)(=O)c3ccc(Cl)cc3C(F)(F)F)CC2)s1. The molecule has 1 aliphatic heterocycles. The molecule has 29 heavy (non-hydrogen) atoms. The molecule has 2 aromatic rings. The van der Waals surface area contributed by atoms with E-state index >= 15 is 0 Å². The van der Waals surface area contributed by atoms with Gasteiger partial charge in [-0.1, -0.05) is 11.6 Å². The van der Waals surface area contributed by atoms with Gasteiger partial charge in [0, 0.05) is 36.1 Å². The van der Waals surface area contributed by atoms with E-state index in [2.05, 4.69) is 0 Å². The highest BCUT2D eigenvalue weighted by Crippen LogP contribution is 2.37. The van der Waals surface area contributed by atoms with Crippen molar-refractivity contribution in [2.75, 3.05) is 26.2 Å². The van der Waals surface area contributed by atoms with E-state index in [1.54, 1.807) is 13.0 Å². The van der Waals surface area contributed by atoms with Crippen molar-refractivity contribution >= 4 is 43.0 Å². The zero-order chi connectivity index (χ0) is 21.6. The maximum atomic E-state index is 13.3. The van der Waals surface area contributed by atoms with E-state index in [-0.39, 0.29) is 35.4 Å². The van der Waals surface area contributed by atoms with Gasteiger partial charge < -0.3 is 0 Å². The maximum Gasteiger partial charge on any atom is 0.417 e. The number of benzene rings is 1. The Morgan fingerprint density at radius 2 is 1.48 bits per heavy atom. The first-order valence-electron chi connectivity index (χ1n) is 8.27. The van der Waals surface area contributed by atoms with Gasteiger partial charge in [-0.05, 0) is 37.3 Å². The van der Waals surface area contributed by atoms with Crippen molar-refractivity contribution in [2.45, 2.75) is 22.2 Å². The molecule has 1 aliphatic rings. The fourth-order valence-electron chi connectivity index (χ4n) is 2.92. The van der Waals surface area contributed by atoms with Gasteiger partial charge >= 0.3 is 6.18 Å². The summed E-state index contributed by atoms with van der Waals surface area (Å²) in [6.07, 6.45) is -4.91. The van der Waals surface area contributed by atoms with Crippen LogP contribution in [0.2, 0.25) is 5.02 Å². The van der Waals surface area contributed by atoms with Crippen LogP contribution in [0.15, 0.2) is 39.4 Å². The van der Waals surface area contributed by atoms with Crippen LogP contribution >= 0.6 is 22.9 Å². The largest absolute Gasteiger partial charge is 0.417 e. The monoisotopic (exact) mass is 488 g/mol. The van der Waals surface area contributed by atoms with Crippen LogP contribution in [0.25, 0.3) is 0 Å². The summed E-state index contributed by atoms with van der Waals surface area (Å²) in [4.78, 5) is -0.0909. The molecule has 0 spiro atoms. The fraction of sp³-hybridized carbons (Fsp3) is 0.375. The Morgan fingerprint density at radius 1 is 0.931 bits per heavy atom. The second-order valence-corrected chi connectivity index (χ2v) is 12.1.